The van der Waals surface area contributed by atoms with Crippen molar-refractivity contribution in [3.05, 3.63) is 66.2 Å². The second kappa shape index (κ2) is 5.42. The third-order valence-corrected chi connectivity index (χ3v) is 4.56. The Bertz CT molecular complexity index is 961. The topological polar surface area (TPSA) is 43.1 Å². The van der Waals surface area contributed by atoms with Crippen molar-refractivity contribution in [2.24, 2.45) is 0 Å². The third-order valence-electron chi connectivity index (χ3n) is 3.59. The molecule has 0 aliphatic heterocycles. The minimum atomic E-state index is 0.762. The second-order valence-corrected chi connectivity index (χ2v) is 6.01. The molecule has 0 saturated carbocycles. The van der Waals surface area contributed by atoms with Crippen molar-refractivity contribution in [3.8, 4) is 0 Å². The van der Waals surface area contributed by atoms with Crippen LogP contribution in [0.1, 0.15) is 11.4 Å². The summed E-state index contributed by atoms with van der Waals surface area (Å²) in [6, 6.07) is 14.1. The summed E-state index contributed by atoms with van der Waals surface area (Å²) in [7, 11) is 0. The van der Waals surface area contributed by atoms with Gasteiger partial charge in [-0.2, -0.15) is 0 Å². The van der Waals surface area contributed by atoms with Crippen molar-refractivity contribution in [1.29, 1.82) is 0 Å². The first kappa shape index (κ1) is 13.3. The largest absolute Gasteiger partial charge is 0.295 e. The van der Waals surface area contributed by atoms with Crippen LogP contribution in [0.3, 0.4) is 0 Å². The fraction of sp³-hybridized carbons (Fsp3) is 0.118. The third kappa shape index (κ3) is 2.33. The number of rotatable bonds is 3. The molecule has 0 aliphatic rings. The van der Waals surface area contributed by atoms with Gasteiger partial charge in [0.05, 0.1) is 34.1 Å². The van der Waals surface area contributed by atoms with Crippen molar-refractivity contribution < 1.29 is 0 Å². The molecule has 108 valence electrons. The van der Waals surface area contributed by atoms with Gasteiger partial charge in [0.2, 0.25) is 0 Å². The normalized spacial score (nSPS) is 11.3. The van der Waals surface area contributed by atoms with Gasteiger partial charge in [0.15, 0.2) is 5.16 Å². The maximum atomic E-state index is 4.73. The number of fused-ring (bicyclic) bond motifs is 2. The molecule has 22 heavy (non-hydrogen) atoms. The van der Waals surface area contributed by atoms with Crippen molar-refractivity contribution in [1.82, 2.24) is 19.4 Å². The van der Waals surface area contributed by atoms with Crippen molar-refractivity contribution in [2.75, 3.05) is 0 Å². The van der Waals surface area contributed by atoms with Crippen LogP contribution < -0.4 is 0 Å². The van der Waals surface area contributed by atoms with Crippen LogP contribution >= 0.6 is 11.8 Å². The molecule has 0 bridgehead atoms. The molecule has 0 unspecified atom stereocenters. The lowest BCUT2D eigenvalue weighted by Crippen LogP contribution is -1.97. The van der Waals surface area contributed by atoms with Gasteiger partial charge in [-0.1, -0.05) is 30.0 Å². The number of hydrogen-bond acceptors (Lipinski definition) is 4. The molecule has 0 aliphatic carbocycles. The molecular formula is C17H14N4S. The van der Waals surface area contributed by atoms with E-state index >= 15 is 0 Å². The molecule has 3 heterocycles. The molecule has 4 aromatic rings. The van der Waals surface area contributed by atoms with E-state index < -0.39 is 0 Å². The summed E-state index contributed by atoms with van der Waals surface area (Å²) in [5, 5.41) is 0.977. The standard InChI is InChI=1S/C17H14N4S/c1-12-16(20-15-8-3-2-7-14(15)19-12)11-22-17-18-10-13-6-4-5-9-21(13)17/h2-10H,11H2,1H3. The summed E-state index contributed by atoms with van der Waals surface area (Å²) in [6.45, 7) is 2.01. The highest BCUT2D eigenvalue weighted by Crippen LogP contribution is 2.24. The Morgan fingerprint density at radius 2 is 1.77 bits per heavy atom. The number of aryl methyl sites for hydroxylation is 1. The van der Waals surface area contributed by atoms with E-state index in [1.807, 2.05) is 55.7 Å². The Hall–Kier alpha value is -2.40. The molecule has 4 nitrogen and oxygen atoms in total. The monoisotopic (exact) mass is 306 g/mol. The average molecular weight is 306 g/mol. The van der Waals surface area contributed by atoms with Gasteiger partial charge in [-0.15, -0.1) is 0 Å². The van der Waals surface area contributed by atoms with Crippen LogP contribution in [0.2, 0.25) is 0 Å². The Labute approximate surface area is 132 Å². The van der Waals surface area contributed by atoms with Gasteiger partial charge < -0.3 is 0 Å². The average Bonchev–Trinajstić information content (AvgIpc) is 2.96. The highest BCUT2D eigenvalue weighted by Gasteiger charge is 2.08. The summed E-state index contributed by atoms with van der Waals surface area (Å²) in [5.74, 6) is 0.762. The summed E-state index contributed by atoms with van der Waals surface area (Å²) < 4.78 is 2.09. The lowest BCUT2D eigenvalue weighted by molar-refractivity contribution is 0.954. The highest BCUT2D eigenvalue weighted by atomic mass is 32.2. The Morgan fingerprint density at radius 3 is 2.64 bits per heavy atom. The Morgan fingerprint density at radius 1 is 1.00 bits per heavy atom. The number of imidazole rings is 1. The number of para-hydroxylation sites is 2. The minimum Gasteiger partial charge on any atom is -0.295 e. The number of pyridine rings is 1. The van der Waals surface area contributed by atoms with Gasteiger partial charge in [0.1, 0.15) is 0 Å². The maximum absolute atomic E-state index is 4.73. The fourth-order valence-corrected chi connectivity index (χ4v) is 3.39. The SMILES string of the molecule is Cc1nc2ccccc2nc1CSc1ncc2ccccn12. The molecular weight excluding hydrogens is 292 g/mol. The number of hydrogen-bond donors (Lipinski definition) is 0. The van der Waals surface area contributed by atoms with Crippen LogP contribution in [-0.2, 0) is 5.75 Å². The van der Waals surface area contributed by atoms with Gasteiger partial charge in [0.25, 0.3) is 0 Å². The first-order valence-corrected chi connectivity index (χ1v) is 8.07. The van der Waals surface area contributed by atoms with E-state index in [0.29, 0.717) is 0 Å². The maximum Gasteiger partial charge on any atom is 0.172 e. The molecule has 0 atom stereocenters. The molecule has 3 aromatic heterocycles. The van der Waals surface area contributed by atoms with Crippen LogP contribution in [0.15, 0.2) is 60.0 Å². The minimum absolute atomic E-state index is 0.762. The van der Waals surface area contributed by atoms with Crippen LogP contribution in [0, 0.1) is 6.92 Å². The number of nitrogens with zero attached hydrogens (tertiary/aromatic N) is 4. The zero-order chi connectivity index (χ0) is 14.9. The van der Waals surface area contributed by atoms with Crippen molar-refractivity contribution >= 4 is 28.3 Å². The molecule has 0 radical (unpaired) electrons. The fourth-order valence-electron chi connectivity index (χ4n) is 2.42. The van der Waals surface area contributed by atoms with Crippen LogP contribution in [-0.4, -0.2) is 19.4 Å². The molecule has 0 fully saturated rings. The molecule has 0 N–H and O–H groups in total. The predicted octanol–water partition coefficient (Wildman–Crippen LogP) is 3.88. The Balaban J connectivity index is 1.65. The zero-order valence-corrected chi connectivity index (χ0v) is 12.9. The highest BCUT2D eigenvalue weighted by molar-refractivity contribution is 7.98. The van der Waals surface area contributed by atoms with E-state index in [4.69, 9.17) is 4.98 Å². The van der Waals surface area contributed by atoms with E-state index in [1.165, 1.54) is 0 Å². The second-order valence-electron chi connectivity index (χ2n) is 5.07. The smallest absolute Gasteiger partial charge is 0.172 e. The summed E-state index contributed by atoms with van der Waals surface area (Å²) in [6.07, 6.45) is 3.92. The van der Waals surface area contributed by atoms with Gasteiger partial charge in [-0.3, -0.25) is 4.40 Å². The molecule has 5 heteroatoms. The predicted molar refractivity (Wildman–Crippen MR) is 89.0 cm³/mol. The summed E-state index contributed by atoms with van der Waals surface area (Å²) >= 11 is 1.68. The van der Waals surface area contributed by atoms with Gasteiger partial charge in [-0.25, -0.2) is 15.0 Å². The van der Waals surface area contributed by atoms with Crippen LogP contribution in [0.25, 0.3) is 16.6 Å². The molecule has 1 aromatic carbocycles. The van der Waals surface area contributed by atoms with E-state index in [0.717, 1.165) is 38.8 Å². The van der Waals surface area contributed by atoms with E-state index in [9.17, 15) is 0 Å². The van der Waals surface area contributed by atoms with E-state index in [2.05, 4.69) is 20.4 Å². The van der Waals surface area contributed by atoms with Gasteiger partial charge in [-0.05, 0) is 31.2 Å². The molecule has 0 spiro atoms. The van der Waals surface area contributed by atoms with Gasteiger partial charge in [0, 0.05) is 11.9 Å². The molecule has 4 rings (SSSR count). The molecule has 0 saturated heterocycles. The van der Waals surface area contributed by atoms with E-state index in [1.54, 1.807) is 11.8 Å². The van der Waals surface area contributed by atoms with Crippen molar-refractivity contribution in [2.45, 2.75) is 17.8 Å². The summed E-state index contributed by atoms with van der Waals surface area (Å²) in [4.78, 5) is 13.8. The number of benzene rings is 1. The first-order chi connectivity index (χ1) is 10.8. The van der Waals surface area contributed by atoms with Crippen LogP contribution in [0.4, 0.5) is 0 Å². The first-order valence-electron chi connectivity index (χ1n) is 7.08. The van der Waals surface area contributed by atoms with Crippen LogP contribution in [0.5, 0.6) is 0 Å². The summed E-state index contributed by atoms with van der Waals surface area (Å²) in [5.41, 5.74) is 4.98. The Kier molecular flexibility index (Phi) is 3.27. The van der Waals surface area contributed by atoms with E-state index in [-0.39, 0.29) is 0 Å². The number of aromatic nitrogens is 4. The lowest BCUT2D eigenvalue weighted by atomic mass is 10.2. The lowest BCUT2D eigenvalue weighted by Gasteiger charge is -2.06. The zero-order valence-electron chi connectivity index (χ0n) is 12.1. The van der Waals surface area contributed by atoms with Gasteiger partial charge >= 0.3 is 0 Å². The van der Waals surface area contributed by atoms with Crippen molar-refractivity contribution in [3.63, 3.8) is 0 Å². The quantitative estimate of drug-likeness (QED) is 0.539. The number of thioether (sulfide) groups is 1. The molecule has 0 amide bonds.